The highest BCUT2D eigenvalue weighted by atomic mass is 16.2. The monoisotopic (exact) mass is 226 g/mol. The van der Waals surface area contributed by atoms with Crippen LogP contribution in [-0.4, -0.2) is 36.3 Å². The molecule has 0 saturated carbocycles. The van der Waals surface area contributed by atoms with Crippen molar-refractivity contribution in [3.05, 3.63) is 12.7 Å². The third-order valence-electron chi connectivity index (χ3n) is 2.25. The fraction of sp³-hybridized carbons (Fsp3) is 0.667. The molecule has 0 heterocycles. The highest BCUT2D eigenvalue weighted by Gasteiger charge is 2.12. The van der Waals surface area contributed by atoms with Gasteiger partial charge in [-0.25, -0.2) is 0 Å². The van der Waals surface area contributed by atoms with E-state index in [1.165, 1.54) is 6.92 Å². The van der Waals surface area contributed by atoms with Gasteiger partial charge in [-0.1, -0.05) is 25.8 Å². The number of nitrogens with zero attached hydrogens (tertiary/aromatic N) is 1. The molecular formula is C12H22N2O2. The Labute approximate surface area is 97.7 Å². The number of carbonyl (C=O) groups excluding carboxylic acids is 2. The summed E-state index contributed by atoms with van der Waals surface area (Å²) in [6.07, 6.45) is 4.75. The number of unbranched alkanes of at least 4 members (excludes halogenated alkanes) is 2. The Balaban J connectivity index is 3.96. The first-order valence-electron chi connectivity index (χ1n) is 5.75. The second kappa shape index (κ2) is 8.95. The third kappa shape index (κ3) is 7.04. The normalized spacial score (nSPS) is 9.62. The highest BCUT2D eigenvalue weighted by Crippen LogP contribution is 1.98. The molecule has 92 valence electrons. The first-order valence-corrected chi connectivity index (χ1v) is 5.75. The summed E-state index contributed by atoms with van der Waals surface area (Å²) in [4.78, 5) is 24.2. The van der Waals surface area contributed by atoms with Crippen LogP contribution in [0.5, 0.6) is 0 Å². The van der Waals surface area contributed by atoms with Gasteiger partial charge in [-0.15, -0.1) is 6.58 Å². The van der Waals surface area contributed by atoms with Gasteiger partial charge in [-0.2, -0.15) is 0 Å². The van der Waals surface area contributed by atoms with E-state index in [-0.39, 0.29) is 18.4 Å². The number of amides is 2. The zero-order valence-electron chi connectivity index (χ0n) is 10.3. The van der Waals surface area contributed by atoms with Crippen molar-refractivity contribution in [2.24, 2.45) is 0 Å². The summed E-state index contributed by atoms with van der Waals surface area (Å²) in [6.45, 7) is 8.36. The van der Waals surface area contributed by atoms with E-state index in [1.54, 1.807) is 11.0 Å². The van der Waals surface area contributed by atoms with E-state index in [0.29, 0.717) is 13.1 Å². The van der Waals surface area contributed by atoms with Gasteiger partial charge >= 0.3 is 0 Å². The van der Waals surface area contributed by atoms with Crippen molar-refractivity contribution in [1.29, 1.82) is 0 Å². The molecule has 0 saturated heterocycles. The van der Waals surface area contributed by atoms with Gasteiger partial charge in [0.1, 0.15) is 0 Å². The zero-order chi connectivity index (χ0) is 12.4. The van der Waals surface area contributed by atoms with Crippen molar-refractivity contribution in [2.45, 2.75) is 33.1 Å². The summed E-state index contributed by atoms with van der Waals surface area (Å²) in [5.41, 5.74) is 0. The van der Waals surface area contributed by atoms with Crippen LogP contribution in [-0.2, 0) is 9.59 Å². The molecule has 0 aliphatic carbocycles. The minimum atomic E-state index is -0.133. The van der Waals surface area contributed by atoms with Gasteiger partial charge in [0.2, 0.25) is 11.8 Å². The Morgan fingerprint density at radius 2 is 2.06 bits per heavy atom. The quantitative estimate of drug-likeness (QED) is 0.501. The van der Waals surface area contributed by atoms with Crippen molar-refractivity contribution in [1.82, 2.24) is 10.2 Å². The summed E-state index contributed by atoms with van der Waals surface area (Å²) < 4.78 is 0. The standard InChI is InChI=1S/C12H22N2O2/c1-4-6-7-9-14(11(3)15)10-12(16)13-8-5-2/h5H,2,4,6-10H2,1,3H3,(H,13,16). The van der Waals surface area contributed by atoms with Gasteiger partial charge in [0.05, 0.1) is 6.54 Å². The number of carbonyl (C=O) groups is 2. The predicted octanol–water partition coefficient (Wildman–Crippen LogP) is 1.33. The Morgan fingerprint density at radius 3 is 2.56 bits per heavy atom. The van der Waals surface area contributed by atoms with Crippen molar-refractivity contribution in [2.75, 3.05) is 19.6 Å². The van der Waals surface area contributed by atoms with Crippen LogP contribution in [0.2, 0.25) is 0 Å². The van der Waals surface area contributed by atoms with Crippen molar-refractivity contribution in [3.63, 3.8) is 0 Å². The molecule has 0 atom stereocenters. The molecule has 0 bridgehead atoms. The van der Waals surface area contributed by atoms with E-state index >= 15 is 0 Å². The lowest BCUT2D eigenvalue weighted by atomic mass is 10.2. The van der Waals surface area contributed by atoms with Crippen molar-refractivity contribution >= 4 is 11.8 Å². The molecule has 2 amide bonds. The Kier molecular flexibility index (Phi) is 8.21. The fourth-order valence-corrected chi connectivity index (χ4v) is 1.32. The number of hydrogen-bond acceptors (Lipinski definition) is 2. The van der Waals surface area contributed by atoms with E-state index < -0.39 is 0 Å². The Morgan fingerprint density at radius 1 is 1.38 bits per heavy atom. The maximum absolute atomic E-state index is 11.4. The van der Waals surface area contributed by atoms with Crippen LogP contribution in [0.3, 0.4) is 0 Å². The van der Waals surface area contributed by atoms with E-state index in [1.807, 2.05) is 0 Å². The largest absolute Gasteiger partial charge is 0.351 e. The molecule has 0 aliphatic heterocycles. The molecule has 0 spiro atoms. The summed E-state index contributed by atoms with van der Waals surface area (Å²) in [5, 5.41) is 2.66. The molecule has 4 nitrogen and oxygen atoms in total. The molecule has 4 heteroatoms. The summed E-state index contributed by atoms with van der Waals surface area (Å²) >= 11 is 0. The lowest BCUT2D eigenvalue weighted by Crippen LogP contribution is -2.40. The van der Waals surface area contributed by atoms with E-state index in [4.69, 9.17) is 0 Å². The molecule has 0 unspecified atom stereocenters. The number of hydrogen-bond donors (Lipinski definition) is 1. The second-order valence-corrected chi connectivity index (χ2v) is 3.74. The maximum atomic E-state index is 11.4. The van der Waals surface area contributed by atoms with Gasteiger partial charge < -0.3 is 10.2 Å². The smallest absolute Gasteiger partial charge is 0.239 e. The van der Waals surface area contributed by atoms with Crippen LogP contribution in [0.15, 0.2) is 12.7 Å². The lowest BCUT2D eigenvalue weighted by molar-refractivity contribution is -0.134. The molecule has 0 aromatic heterocycles. The molecule has 0 aliphatic rings. The maximum Gasteiger partial charge on any atom is 0.239 e. The molecule has 0 aromatic rings. The molecule has 0 rings (SSSR count). The molecule has 16 heavy (non-hydrogen) atoms. The lowest BCUT2D eigenvalue weighted by Gasteiger charge is -2.20. The van der Waals surface area contributed by atoms with Crippen LogP contribution < -0.4 is 5.32 Å². The third-order valence-corrected chi connectivity index (χ3v) is 2.25. The van der Waals surface area contributed by atoms with E-state index in [0.717, 1.165) is 19.3 Å². The summed E-state index contributed by atoms with van der Waals surface area (Å²) in [6, 6.07) is 0. The van der Waals surface area contributed by atoms with Gasteiger partial charge in [0.25, 0.3) is 0 Å². The topological polar surface area (TPSA) is 49.4 Å². The highest BCUT2D eigenvalue weighted by molar-refractivity contribution is 5.83. The fourth-order valence-electron chi connectivity index (χ4n) is 1.32. The van der Waals surface area contributed by atoms with Gasteiger partial charge in [0, 0.05) is 20.0 Å². The zero-order valence-corrected chi connectivity index (χ0v) is 10.3. The SMILES string of the molecule is C=CCNC(=O)CN(CCCCC)C(C)=O. The van der Waals surface area contributed by atoms with Crippen molar-refractivity contribution in [3.8, 4) is 0 Å². The second-order valence-electron chi connectivity index (χ2n) is 3.74. The van der Waals surface area contributed by atoms with Crippen LogP contribution >= 0.6 is 0 Å². The van der Waals surface area contributed by atoms with Crippen LogP contribution in [0, 0.1) is 0 Å². The molecule has 0 aromatic carbocycles. The molecule has 0 radical (unpaired) electrons. The molecular weight excluding hydrogens is 204 g/mol. The van der Waals surface area contributed by atoms with Gasteiger partial charge in [-0.05, 0) is 6.42 Å². The summed E-state index contributed by atoms with van der Waals surface area (Å²) in [5.74, 6) is -0.184. The van der Waals surface area contributed by atoms with Gasteiger partial charge in [-0.3, -0.25) is 9.59 Å². The average molecular weight is 226 g/mol. The van der Waals surface area contributed by atoms with Crippen LogP contribution in [0.4, 0.5) is 0 Å². The predicted molar refractivity (Wildman–Crippen MR) is 65.0 cm³/mol. The summed E-state index contributed by atoms with van der Waals surface area (Å²) in [7, 11) is 0. The Bertz CT molecular complexity index is 239. The average Bonchev–Trinajstić information content (AvgIpc) is 2.25. The van der Waals surface area contributed by atoms with Crippen LogP contribution in [0.1, 0.15) is 33.1 Å². The van der Waals surface area contributed by atoms with E-state index in [2.05, 4.69) is 18.8 Å². The van der Waals surface area contributed by atoms with Crippen LogP contribution in [0.25, 0.3) is 0 Å². The molecule has 0 fully saturated rings. The number of nitrogens with one attached hydrogen (secondary N) is 1. The minimum Gasteiger partial charge on any atom is -0.351 e. The Hall–Kier alpha value is -1.32. The van der Waals surface area contributed by atoms with Crippen molar-refractivity contribution < 1.29 is 9.59 Å². The first kappa shape index (κ1) is 14.7. The first-order chi connectivity index (χ1) is 7.61. The number of rotatable bonds is 8. The molecule has 1 N–H and O–H groups in total. The van der Waals surface area contributed by atoms with E-state index in [9.17, 15) is 9.59 Å². The minimum absolute atomic E-state index is 0.0511. The van der Waals surface area contributed by atoms with Gasteiger partial charge in [0.15, 0.2) is 0 Å².